The molecule has 0 bridgehead atoms. The number of aliphatic hydroxyl groups excluding tert-OH is 2. The van der Waals surface area contributed by atoms with Crippen LogP contribution in [0.4, 0.5) is 0 Å². The van der Waals surface area contributed by atoms with E-state index in [1.807, 2.05) is 24.3 Å². The van der Waals surface area contributed by atoms with E-state index in [-0.39, 0.29) is 6.10 Å². The van der Waals surface area contributed by atoms with Crippen LogP contribution in [0, 0.1) is 0 Å². The van der Waals surface area contributed by atoms with E-state index in [0.717, 1.165) is 25.0 Å². The van der Waals surface area contributed by atoms with Gasteiger partial charge in [0.25, 0.3) is 0 Å². The van der Waals surface area contributed by atoms with E-state index in [0.29, 0.717) is 12.8 Å². The highest BCUT2D eigenvalue weighted by Gasteiger charge is 2.11. The van der Waals surface area contributed by atoms with Gasteiger partial charge in [0.1, 0.15) is 5.75 Å². The smallest absolute Gasteiger partial charge is 0.118 e. The summed E-state index contributed by atoms with van der Waals surface area (Å²) in [5.41, 5.74) is 1.19. The molecule has 120 valence electrons. The minimum absolute atomic E-state index is 0.368. The third kappa shape index (κ3) is 8.08. The number of hydrogen-bond acceptors (Lipinski definition) is 3. The molecule has 0 saturated carbocycles. The van der Waals surface area contributed by atoms with Gasteiger partial charge in [-0.05, 0) is 43.4 Å². The van der Waals surface area contributed by atoms with Crippen LogP contribution in [0.2, 0.25) is 0 Å². The number of aliphatic hydroxyl groups is 2. The summed E-state index contributed by atoms with van der Waals surface area (Å²) in [6, 6.07) is 7.91. The third-order valence-electron chi connectivity index (χ3n) is 3.86. The van der Waals surface area contributed by atoms with Gasteiger partial charge in [0, 0.05) is 0 Å². The first-order chi connectivity index (χ1) is 10.2. The number of unbranched alkanes of at least 4 members (excludes halogenated alkanes) is 3. The van der Waals surface area contributed by atoms with Gasteiger partial charge in [-0.1, -0.05) is 44.7 Å². The summed E-state index contributed by atoms with van der Waals surface area (Å²) < 4.78 is 5.12. The second kappa shape index (κ2) is 10.6. The largest absolute Gasteiger partial charge is 0.497 e. The highest BCUT2D eigenvalue weighted by molar-refractivity contribution is 5.27. The van der Waals surface area contributed by atoms with Crippen molar-refractivity contribution in [1.29, 1.82) is 0 Å². The van der Waals surface area contributed by atoms with Crippen LogP contribution in [0.1, 0.15) is 57.4 Å². The molecule has 0 fully saturated rings. The minimum Gasteiger partial charge on any atom is -0.497 e. The van der Waals surface area contributed by atoms with Crippen LogP contribution in [0.3, 0.4) is 0 Å². The first kappa shape index (κ1) is 18.0. The first-order valence-corrected chi connectivity index (χ1v) is 8.14. The molecule has 0 spiro atoms. The highest BCUT2D eigenvalue weighted by atomic mass is 16.5. The van der Waals surface area contributed by atoms with Gasteiger partial charge in [-0.2, -0.15) is 0 Å². The Hall–Kier alpha value is -1.06. The monoisotopic (exact) mass is 294 g/mol. The van der Waals surface area contributed by atoms with E-state index >= 15 is 0 Å². The van der Waals surface area contributed by atoms with Crippen molar-refractivity contribution in [3.8, 4) is 5.75 Å². The summed E-state index contributed by atoms with van der Waals surface area (Å²) in [7, 11) is 1.65. The number of benzene rings is 1. The van der Waals surface area contributed by atoms with Crippen molar-refractivity contribution in [2.24, 2.45) is 0 Å². The molecule has 1 aromatic rings. The molecule has 0 radical (unpaired) electrons. The molecule has 0 unspecified atom stereocenters. The molecular formula is C18H30O3. The van der Waals surface area contributed by atoms with Gasteiger partial charge in [0.15, 0.2) is 0 Å². The predicted octanol–water partition coefficient (Wildman–Crippen LogP) is 3.71. The number of ether oxygens (including phenoxy) is 1. The lowest BCUT2D eigenvalue weighted by Gasteiger charge is -2.15. The van der Waals surface area contributed by atoms with Crippen molar-refractivity contribution in [3.63, 3.8) is 0 Å². The molecule has 21 heavy (non-hydrogen) atoms. The van der Waals surface area contributed by atoms with Crippen LogP contribution < -0.4 is 4.74 Å². The molecule has 3 nitrogen and oxygen atoms in total. The number of rotatable bonds is 11. The van der Waals surface area contributed by atoms with Crippen molar-refractivity contribution in [1.82, 2.24) is 0 Å². The Kier molecular flexibility index (Phi) is 9.11. The SMILES string of the molecule is CCCCCC[C@H](O)C[C@@H](O)CCc1ccc(OC)cc1. The molecule has 2 atom stereocenters. The predicted molar refractivity (Wildman–Crippen MR) is 86.7 cm³/mol. The molecule has 0 aliphatic heterocycles. The molecule has 0 aliphatic rings. The van der Waals surface area contributed by atoms with Gasteiger partial charge >= 0.3 is 0 Å². The second-order valence-electron chi connectivity index (χ2n) is 5.78. The second-order valence-corrected chi connectivity index (χ2v) is 5.78. The zero-order chi connectivity index (χ0) is 15.5. The fourth-order valence-corrected chi connectivity index (χ4v) is 2.48. The van der Waals surface area contributed by atoms with Crippen molar-refractivity contribution < 1.29 is 14.9 Å². The molecule has 0 aliphatic carbocycles. The average Bonchev–Trinajstić information content (AvgIpc) is 2.50. The molecule has 0 saturated heterocycles. The lowest BCUT2D eigenvalue weighted by Crippen LogP contribution is -2.18. The summed E-state index contributed by atoms with van der Waals surface area (Å²) in [6.45, 7) is 2.18. The maximum absolute atomic E-state index is 10.00. The Morgan fingerprint density at radius 3 is 2.24 bits per heavy atom. The Morgan fingerprint density at radius 2 is 1.62 bits per heavy atom. The molecule has 0 aromatic heterocycles. The number of methoxy groups -OCH3 is 1. The Bertz CT molecular complexity index is 361. The van der Waals surface area contributed by atoms with Crippen molar-refractivity contribution >= 4 is 0 Å². The molecule has 0 amide bonds. The van der Waals surface area contributed by atoms with E-state index in [4.69, 9.17) is 4.74 Å². The normalized spacial score (nSPS) is 13.9. The molecule has 1 rings (SSSR count). The lowest BCUT2D eigenvalue weighted by molar-refractivity contribution is 0.0697. The van der Waals surface area contributed by atoms with Gasteiger partial charge in [0.2, 0.25) is 0 Å². The van der Waals surface area contributed by atoms with Crippen LogP contribution in [-0.2, 0) is 6.42 Å². The van der Waals surface area contributed by atoms with Crippen LogP contribution in [0.5, 0.6) is 5.75 Å². The highest BCUT2D eigenvalue weighted by Crippen LogP contribution is 2.16. The van der Waals surface area contributed by atoms with Crippen LogP contribution in [0.25, 0.3) is 0 Å². The molecular weight excluding hydrogens is 264 g/mol. The van der Waals surface area contributed by atoms with Gasteiger partial charge < -0.3 is 14.9 Å². The molecule has 3 heteroatoms. The maximum Gasteiger partial charge on any atom is 0.118 e. The average molecular weight is 294 g/mol. The fourth-order valence-electron chi connectivity index (χ4n) is 2.48. The number of aryl methyl sites for hydroxylation is 1. The summed E-state index contributed by atoms with van der Waals surface area (Å²) >= 11 is 0. The van der Waals surface area contributed by atoms with E-state index in [1.165, 1.54) is 24.8 Å². The lowest BCUT2D eigenvalue weighted by atomic mass is 10.00. The van der Waals surface area contributed by atoms with Crippen LogP contribution in [0.15, 0.2) is 24.3 Å². The van der Waals surface area contributed by atoms with E-state index in [9.17, 15) is 10.2 Å². The summed E-state index contributed by atoms with van der Waals surface area (Å²) in [4.78, 5) is 0. The quantitative estimate of drug-likeness (QED) is 0.612. The summed E-state index contributed by atoms with van der Waals surface area (Å²) in [5.74, 6) is 0.849. The van der Waals surface area contributed by atoms with Crippen molar-refractivity contribution in [2.75, 3.05) is 7.11 Å². The minimum atomic E-state index is -0.423. The summed E-state index contributed by atoms with van der Waals surface area (Å²) in [5, 5.41) is 19.9. The standard InChI is InChI=1S/C18H30O3/c1-3-4-5-6-7-16(19)14-17(20)11-8-15-9-12-18(21-2)13-10-15/h9-10,12-13,16-17,19-20H,3-8,11,14H2,1-2H3/t16-,17-/m0/s1. The van der Waals surface area contributed by atoms with Gasteiger partial charge in [-0.3, -0.25) is 0 Å². The van der Waals surface area contributed by atoms with Crippen molar-refractivity contribution in [2.45, 2.75) is 70.5 Å². The zero-order valence-electron chi connectivity index (χ0n) is 13.4. The van der Waals surface area contributed by atoms with E-state index < -0.39 is 6.10 Å². The Labute approximate surface area is 129 Å². The molecule has 2 N–H and O–H groups in total. The zero-order valence-corrected chi connectivity index (χ0v) is 13.4. The Morgan fingerprint density at radius 1 is 0.952 bits per heavy atom. The van der Waals surface area contributed by atoms with Gasteiger partial charge in [0.05, 0.1) is 19.3 Å². The Balaban J connectivity index is 2.18. The fraction of sp³-hybridized carbons (Fsp3) is 0.667. The maximum atomic E-state index is 10.00. The van der Waals surface area contributed by atoms with E-state index in [1.54, 1.807) is 7.11 Å². The topological polar surface area (TPSA) is 49.7 Å². The van der Waals surface area contributed by atoms with Gasteiger partial charge in [-0.15, -0.1) is 0 Å². The third-order valence-corrected chi connectivity index (χ3v) is 3.86. The molecule has 1 aromatic carbocycles. The first-order valence-electron chi connectivity index (χ1n) is 8.14. The summed E-state index contributed by atoms with van der Waals surface area (Å²) in [6.07, 6.45) is 6.69. The molecule has 0 heterocycles. The van der Waals surface area contributed by atoms with Crippen molar-refractivity contribution in [3.05, 3.63) is 29.8 Å². The van der Waals surface area contributed by atoms with Crippen LogP contribution in [-0.4, -0.2) is 29.5 Å². The van der Waals surface area contributed by atoms with E-state index in [2.05, 4.69) is 6.92 Å². The van der Waals surface area contributed by atoms with Gasteiger partial charge in [-0.25, -0.2) is 0 Å². The van der Waals surface area contributed by atoms with Crippen LogP contribution >= 0.6 is 0 Å². The number of hydrogen-bond donors (Lipinski definition) is 2.